The number of nitrogens with zero attached hydrogens (tertiary/aromatic N) is 1. The fourth-order valence-electron chi connectivity index (χ4n) is 2.39. The monoisotopic (exact) mass is 340 g/mol. The van der Waals surface area contributed by atoms with Crippen molar-refractivity contribution in [3.05, 3.63) is 69.1 Å². The van der Waals surface area contributed by atoms with E-state index < -0.39 is 16.5 Å². The van der Waals surface area contributed by atoms with Gasteiger partial charge in [-0.15, -0.1) is 0 Å². The smallest absolute Gasteiger partial charge is 0.336 e. The molecule has 25 heavy (non-hydrogen) atoms. The molecule has 2 aromatic carbocycles. The van der Waals surface area contributed by atoms with Crippen LogP contribution in [0.5, 0.6) is 5.75 Å². The highest BCUT2D eigenvalue weighted by Crippen LogP contribution is 2.30. The molecule has 0 saturated heterocycles. The number of fused-ring (bicyclic) bond motifs is 1. The third-order valence-electron chi connectivity index (χ3n) is 3.49. The fraction of sp³-hybridized carbons (Fsp3) is 0.0588. The van der Waals surface area contributed by atoms with E-state index in [1.54, 1.807) is 24.3 Å². The Morgan fingerprint density at radius 1 is 1.16 bits per heavy atom. The van der Waals surface area contributed by atoms with E-state index in [9.17, 15) is 19.7 Å². The summed E-state index contributed by atoms with van der Waals surface area (Å²) < 4.78 is 10.4. The number of carbonyl (C=O) groups excluding carboxylic acids is 1. The number of nitrogens with two attached hydrogens (primary N) is 1. The third kappa shape index (κ3) is 3.47. The van der Waals surface area contributed by atoms with Crippen LogP contribution in [0.2, 0.25) is 0 Å². The number of primary amides is 1. The quantitative estimate of drug-likeness (QED) is 0.431. The molecule has 8 nitrogen and oxygen atoms in total. The van der Waals surface area contributed by atoms with Crippen molar-refractivity contribution in [2.45, 2.75) is 0 Å². The standard InChI is InChI=1S/C17H12N2O6/c18-16(20)9-24-12-5-6-13-14(8-17(21)25-15(13)7-12)10-1-3-11(4-2-10)19(22)23/h1-8H,9H2,(H2,18,20). The van der Waals surface area contributed by atoms with Gasteiger partial charge in [0.15, 0.2) is 6.61 Å². The van der Waals surface area contributed by atoms with E-state index in [0.29, 0.717) is 22.3 Å². The first-order valence-corrected chi connectivity index (χ1v) is 7.18. The number of rotatable bonds is 5. The second-order valence-corrected chi connectivity index (χ2v) is 5.20. The van der Waals surface area contributed by atoms with Gasteiger partial charge in [0.1, 0.15) is 11.3 Å². The molecule has 0 saturated carbocycles. The van der Waals surface area contributed by atoms with Crippen LogP contribution in [0, 0.1) is 10.1 Å². The largest absolute Gasteiger partial charge is 0.484 e. The summed E-state index contributed by atoms with van der Waals surface area (Å²) in [5, 5.41) is 11.4. The molecule has 2 N–H and O–H groups in total. The molecule has 1 heterocycles. The van der Waals surface area contributed by atoms with Crippen LogP contribution in [-0.2, 0) is 4.79 Å². The molecule has 126 valence electrons. The van der Waals surface area contributed by atoms with E-state index in [-0.39, 0.29) is 17.9 Å². The molecule has 0 fully saturated rings. The molecule has 0 radical (unpaired) electrons. The molecule has 3 rings (SSSR count). The molecule has 0 bridgehead atoms. The maximum Gasteiger partial charge on any atom is 0.336 e. The molecular weight excluding hydrogens is 328 g/mol. The second-order valence-electron chi connectivity index (χ2n) is 5.20. The number of nitro groups is 1. The zero-order chi connectivity index (χ0) is 18.0. The summed E-state index contributed by atoms with van der Waals surface area (Å²) in [6.07, 6.45) is 0. The molecule has 0 aliphatic heterocycles. The number of amides is 1. The van der Waals surface area contributed by atoms with E-state index in [1.165, 1.54) is 24.3 Å². The van der Waals surface area contributed by atoms with E-state index in [1.807, 2.05) is 0 Å². The van der Waals surface area contributed by atoms with Gasteiger partial charge in [0.25, 0.3) is 11.6 Å². The molecular formula is C17H12N2O6. The predicted molar refractivity (Wildman–Crippen MR) is 89.3 cm³/mol. The number of hydrogen-bond donors (Lipinski definition) is 1. The molecule has 8 heteroatoms. The number of benzene rings is 2. The SMILES string of the molecule is NC(=O)COc1ccc2c(-c3ccc([N+](=O)[O-])cc3)cc(=O)oc2c1. The Morgan fingerprint density at radius 2 is 1.88 bits per heavy atom. The summed E-state index contributed by atoms with van der Waals surface area (Å²) in [7, 11) is 0. The molecule has 0 spiro atoms. The van der Waals surface area contributed by atoms with Gasteiger partial charge in [-0.2, -0.15) is 0 Å². The topological polar surface area (TPSA) is 126 Å². The van der Waals surface area contributed by atoms with Gasteiger partial charge in [-0.3, -0.25) is 14.9 Å². The van der Waals surface area contributed by atoms with Crippen LogP contribution in [0.3, 0.4) is 0 Å². The van der Waals surface area contributed by atoms with Gasteiger partial charge in [-0.1, -0.05) is 0 Å². The summed E-state index contributed by atoms with van der Waals surface area (Å²) >= 11 is 0. The summed E-state index contributed by atoms with van der Waals surface area (Å²) in [6, 6.07) is 11.9. The minimum Gasteiger partial charge on any atom is -0.484 e. The van der Waals surface area contributed by atoms with Gasteiger partial charge in [0.05, 0.1) is 4.92 Å². The minimum atomic E-state index is -0.624. The molecule has 3 aromatic rings. The zero-order valence-electron chi connectivity index (χ0n) is 12.8. The van der Waals surface area contributed by atoms with Gasteiger partial charge in [-0.25, -0.2) is 4.79 Å². The Balaban J connectivity index is 2.07. The van der Waals surface area contributed by atoms with Crippen molar-refractivity contribution in [2.24, 2.45) is 5.73 Å². The Kier molecular flexibility index (Phi) is 4.17. The number of carbonyl (C=O) groups is 1. The lowest BCUT2D eigenvalue weighted by Crippen LogP contribution is -2.19. The number of hydrogen-bond acceptors (Lipinski definition) is 6. The summed E-state index contributed by atoms with van der Waals surface area (Å²) in [5.41, 5.74) is 5.88. The molecule has 0 aliphatic carbocycles. The third-order valence-corrected chi connectivity index (χ3v) is 3.49. The first-order chi connectivity index (χ1) is 11.9. The Morgan fingerprint density at radius 3 is 2.52 bits per heavy atom. The van der Waals surface area contributed by atoms with Crippen molar-refractivity contribution >= 4 is 22.6 Å². The van der Waals surface area contributed by atoms with Crippen LogP contribution in [-0.4, -0.2) is 17.4 Å². The van der Waals surface area contributed by atoms with Gasteiger partial charge in [-0.05, 0) is 35.4 Å². The lowest BCUT2D eigenvalue weighted by molar-refractivity contribution is -0.384. The lowest BCUT2D eigenvalue weighted by atomic mass is 10.0. The van der Waals surface area contributed by atoms with E-state index in [0.717, 1.165) is 0 Å². The fourth-order valence-corrected chi connectivity index (χ4v) is 2.39. The average Bonchev–Trinajstić information content (AvgIpc) is 2.59. The summed E-state index contributed by atoms with van der Waals surface area (Å²) in [4.78, 5) is 32.9. The Labute approximate surface area is 140 Å². The van der Waals surface area contributed by atoms with Gasteiger partial charge >= 0.3 is 5.63 Å². The van der Waals surface area contributed by atoms with E-state index in [2.05, 4.69) is 0 Å². The molecule has 0 atom stereocenters. The van der Waals surface area contributed by atoms with Crippen molar-refractivity contribution in [3.8, 4) is 16.9 Å². The van der Waals surface area contributed by atoms with Crippen LogP contribution >= 0.6 is 0 Å². The lowest BCUT2D eigenvalue weighted by Gasteiger charge is -2.08. The highest BCUT2D eigenvalue weighted by Gasteiger charge is 2.11. The van der Waals surface area contributed by atoms with Crippen LogP contribution in [0.4, 0.5) is 5.69 Å². The van der Waals surface area contributed by atoms with Crippen LogP contribution in [0.25, 0.3) is 22.1 Å². The van der Waals surface area contributed by atoms with Gasteiger partial charge in [0, 0.05) is 29.7 Å². The number of nitro benzene ring substituents is 1. The van der Waals surface area contributed by atoms with Crippen molar-refractivity contribution < 1.29 is 18.9 Å². The van der Waals surface area contributed by atoms with Crippen molar-refractivity contribution in [2.75, 3.05) is 6.61 Å². The maximum absolute atomic E-state index is 11.8. The highest BCUT2D eigenvalue weighted by molar-refractivity contribution is 5.93. The molecule has 0 unspecified atom stereocenters. The highest BCUT2D eigenvalue weighted by atomic mass is 16.6. The minimum absolute atomic E-state index is 0.0434. The van der Waals surface area contributed by atoms with E-state index >= 15 is 0 Å². The number of ether oxygens (including phenoxy) is 1. The molecule has 1 aromatic heterocycles. The van der Waals surface area contributed by atoms with Gasteiger partial charge < -0.3 is 14.9 Å². The van der Waals surface area contributed by atoms with Gasteiger partial charge in [0.2, 0.25) is 0 Å². The predicted octanol–water partition coefficient (Wildman–Crippen LogP) is 2.23. The molecule has 0 aliphatic rings. The maximum atomic E-state index is 11.8. The van der Waals surface area contributed by atoms with Crippen LogP contribution in [0.1, 0.15) is 0 Å². The zero-order valence-corrected chi connectivity index (χ0v) is 12.8. The average molecular weight is 340 g/mol. The van der Waals surface area contributed by atoms with Crippen molar-refractivity contribution in [1.82, 2.24) is 0 Å². The molecule has 1 amide bonds. The first-order valence-electron chi connectivity index (χ1n) is 7.18. The normalized spacial score (nSPS) is 10.6. The Hall–Kier alpha value is -3.68. The summed E-state index contributed by atoms with van der Waals surface area (Å²) in [6.45, 7) is -0.294. The van der Waals surface area contributed by atoms with Crippen LogP contribution < -0.4 is 16.1 Å². The first kappa shape index (κ1) is 16.2. The summed E-state index contributed by atoms with van der Waals surface area (Å²) in [5.74, 6) is -0.295. The number of non-ortho nitro benzene ring substituents is 1. The van der Waals surface area contributed by atoms with E-state index in [4.69, 9.17) is 14.9 Å². The second kappa shape index (κ2) is 6.44. The van der Waals surface area contributed by atoms with Crippen molar-refractivity contribution in [3.63, 3.8) is 0 Å². The van der Waals surface area contributed by atoms with Crippen LogP contribution in [0.15, 0.2) is 57.7 Å². The Bertz CT molecular complexity index is 1020. The van der Waals surface area contributed by atoms with Crippen molar-refractivity contribution in [1.29, 1.82) is 0 Å².